The Labute approximate surface area is 148 Å². The fourth-order valence-electron chi connectivity index (χ4n) is 2.77. The van der Waals surface area contributed by atoms with Crippen molar-refractivity contribution in [3.8, 4) is 0 Å². The zero-order valence-corrected chi connectivity index (χ0v) is 15.4. The van der Waals surface area contributed by atoms with Crippen LogP contribution in [0.3, 0.4) is 0 Å². The number of hydrogen-bond donors (Lipinski definition) is 1. The first kappa shape index (κ1) is 21.9. The third-order valence-electron chi connectivity index (χ3n) is 4.17. The van der Waals surface area contributed by atoms with Gasteiger partial charge >= 0.3 is 10.3 Å². The molecule has 1 rings (SSSR count). The van der Waals surface area contributed by atoms with E-state index in [0.29, 0.717) is 6.42 Å². The second kappa shape index (κ2) is 10.8. The summed E-state index contributed by atoms with van der Waals surface area (Å²) in [5.41, 5.74) is -0.569. The summed E-state index contributed by atoms with van der Waals surface area (Å²) in [7, 11) is -4.89. The van der Waals surface area contributed by atoms with Gasteiger partial charge in [0.05, 0.1) is 0 Å². The first-order valence-corrected chi connectivity index (χ1v) is 10.2. The van der Waals surface area contributed by atoms with E-state index in [1.807, 2.05) is 0 Å². The summed E-state index contributed by atoms with van der Waals surface area (Å²) >= 11 is 0. The van der Waals surface area contributed by atoms with E-state index in [1.54, 1.807) is 0 Å². The minimum absolute atomic E-state index is 0.0640. The molecule has 0 aliphatic rings. The molecule has 144 valence electrons. The molecule has 8 heteroatoms. The molecule has 0 saturated carbocycles. The molecule has 0 aliphatic carbocycles. The summed E-state index contributed by atoms with van der Waals surface area (Å²) in [5, 5.41) is 0. The number of aromatic nitrogens is 1. The van der Waals surface area contributed by atoms with Gasteiger partial charge in [0.25, 0.3) is 0 Å². The minimum atomic E-state index is -4.89. The maximum Gasteiger partial charge on any atom is 0.511 e. The molecule has 1 aromatic rings. The molecule has 0 atom stereocenters. The van der Waals surface area contributed by atoms with Gasteiger partial charge in [0.1, 0.15) is 0 Å². The Bertz CT molecular complexity index is 651. The Hall–Kier alpha value is -1.15. The van der Waals surface area contributed by atoms with Crippen molar-refractivity contribution < 1.29 is 30.1 Å². The van der Waals surface area contributed by atoms with Gasteiger partial charge in [0.15, 0.2) is 0 Å². The van der Waals surface area contributed by atoms with E-state index in [-0.39, 0.29) is 16.6 Å². The highest BCUT2D eigenvalue weighted by molar-refractivity contribution is 7.79. The highest BCUT2D eigenvalue weighted by Crippen LogP contribution is 2.16. The van der Waals surface area contributed by atoms with Gasteiger partial charge in [-0.15, -0.1) is 8.42 Å². The van der Waals surface area contributed by atoms with Crippen molar-refractivity contribution in [1.29, 1.82) is 0 Å². The lowest BCUT2D eigenvalue weighted by atomic mass is 10.0. The van der Waals surface area contributed by atoms with Crippen molar-refractivity contribution in [2.75, 3.05) is 0 Å². The molecule has 0 bridgehead atoms. The lowest BCUT2D eigenvalue weighted by Gasteiger charge is -2.04. The molecule has 1 aromatic heterocycles. The molecule has 0 fully saturated rings. The fourth-order valence-corrected chi connectivity index (χ4v) is 3.45. The smallest absolute Gasteiger partial charge is 0.233 e. The van der Waals surface area contributed by atoms with Crippen LogP contribution in [0.1, 0.15) is 76.8 Å². The Morgan fingerprint density at radius 3 is 1.84 bits per heavy atom. The number of nitrogens with zero attached hydrogens (tertiary/aromatic N) is 1. The fraction of sp³-hybridized carbons (Fsp3) is 0.706. The van der Waals surface area contributed by atoms with Gasteiger partial charge in [0, 0.05) is 6.42 Å². The maximum absolute atomic E-state index is 13.8. The summed E-state index contributed by atoms with van der Waals surface area (Å²) < 4.78 is 71.9. The lowest BCUT2D eigenvalue weighted by Crippen LogP contribution is -2.47. The standard InChI is InChI=1S/C17H26F3NO3S/c1-2-3-4-5-6-7-8-9-10-11-12-15-17(20)16(19)14(18)13-21(15)25(22,23)24/h13H,2-12H2,1H3/p+1. The molecule has 0 radical (unpaired) electrons. The van der Waals surface area contributed by atoms with Crippen LogP contribution in [0.4, 0.5) is 13.2 Å². The van der Waals surface area contributed by atoms with Gasteiger partial charge < -0.3 is 0 Å². The number of pyridine rings is 1. The Morgan fingerprint density at radius 2 is 1.36 bits per heavy atom. The van der Waals surface area contributed by atoms with Crippen LogP contribution in [0, 0.1) is 17.5 Å². The van der Waals surface area contributed by atoms with E-state index < -0.39 is 33.4 Å². The van der Waals surface area contributed by atoms with E-state index in [1.165, 1.54) is 32.1 Å². The van der Waals surface area contributed by atoms with Gasteiger partial charge in [0.2, 0.25) is 29.3 Å². The Kier molecular flexibility index (Phi) is 9.42. The summed E-state index contributed by atoms with van der Waals surface area (Å²) in [6.45, 7) is 2.17. The van der Waals surface area contributed by atoms with Crippen molar-refractivity contribution in [2.24, 2.45) is 0 Å². The molecule has 1 N–H and O–H groups in total. The van der Waals surface area contributed by atoms with Crippen molar-refractivity contribution in [2.45, 2.75) is 77.6 Å². The van der Waals surface area contributed by atoms with Crippen molar-refractivity contribution in [3.05, 3.63) is 29.3 Å². The predicted octanol–water partition coefficient (Wildman–Crippen LogP) is 4.51. The van der Waals surface area contributed by atoms with Gasteiger partial charge in [-0.25, -0.2) is 4.55 Å². The molecule has 1 heterocycles. The molecule has 0 unspecified atom stereocenters. The van der Waals surface area contributed by atoms with Crippen LogP contribution in [-0.2, 0) is 16.7 Å². The van der Waals surface area contributed by atoms with Gasteiger partial charge in [-0.2, -0.15) is 13.2 Å². The van der Waals surface area contributed by atoms with Gasteiger partial charge in [-0.3, -0.25) is 0 Å². The zero-order chi connectivity index (χ0) is 18.9. The molecule has 25 heavy (non-hydrogen) atoms. The molecule has 4 nitrogen and oxygen atoms in total. The topological polar surface area (TPSA) is 58.2 Å². The van der Waals surface area contributed by atoms with Crippen LogP contribution in [0.5, 0.6) is 0 Å². The molecular weight excluding hydrogens is 355 g/mol. The summed E-state index contributed by atoms with van der Waals surface area (Å²) in [6, 6.07) is 0. The first-order valence-electron chi connectivity index (χ1n) is 8.85. The van der Waals surface area contributed by atoms with Crippen LogP contribution in [0.2, 0.25) is 0 Å². The molecule has 0 aromatic carbocycles. The van der Waals surface area contributed by atoms with Gasteiger partial charge in [-0.05, 0) is 6.42 Å². The normalized spacial score (nSPS) is 11.9. The number of unbranched alkanes of at least 4 members (excludes halogenated alkanes) is 9. The summed E-state index contributed by atoms with van der Waals surface area (Å²) in [6.07, 6.45) is 10.5. The first-order chi connectivity index (χ1) is 11.8. The van der Waals surface area contributed by atoms with Crippen LogP contribution >= 0.6 is 0 Å². The van der Waals surface area contributed by atoms with Crippen LogP contribution in [0.15, 0.2) is 6.20 Å². The largest absolute Gasteiger partial charge is 0.511 e. The second-order valence-corrected chi connectivity index (χ2v) is 7.55. The number of halogens is 3. The van der Waals surface area contributed by atoms with Crippen LogP contribution in [-0.4, -0.2) is 13.0 Å². The molecule has 0 saturated heterocycles. The average Bonchev–Trinajstić information content (AvgIpc) is 2.55. The number of rotatable bonds is 12. The highest BCUT2D eigenvalue weighted by atomic mass is 32.2. The van der Waals surface area contributed by atoms with E-state index >= 15 is 0 Å². The summed E-state index contributed by atoms with van der Waals surface area (Å²) in [5.74, 6) is -4.97. The second-order valence-electron chi connectivity index (χ2n) is 6.26. The third kappa shape index (κ3) is 7.32. The summed E-state index contributed by atoms with van der Waals surface area (Å²) in [4.78, 5) is 0. The number of hydrogen-bond acceptors (Lipinski definition) is 2. The van der Waals surface area contributed by atoms with Crippen LogP contribution < -0.4 is 3.97 Å². The lowest BCUT2D eigenvalue weighted by molar-refractivity contribution is -0.533. The SMILES string of the molecule is CCCCCCCCCCCCc1c(F)c(F)c(F)c[n+]1S(=O)(=O)O. The van der Waals surface area contributed by atoms with E-state index in [0.717, 1.165) is 25.7 Å². The van der Waals surface area contributed by atoms with E-state index in [9.17, 15) is 21.6 Å². The van der Waals surface area contributed by atoms with Crippen LogP contribution in [0.25, 0.3) is 0 Å². The Morgan fingerprint density at radius 1 is 0.880 bits per heavy atom. The van der Waals surface area contributed by atoms with E-state index in [4.69, 9.17) is 4.55 Å². The van der Waals surface area contributed by atoms with Crippen molar-refractivity contribution >= 4 is 10.3 Å². The highest BCUT2D eigenvalue weighted by Gasteiger charge is 2.32. The average molecular weight is 382 g/mol. The zero-order valence-electron chi connectivity index (χ0n) is 14.6. The van der Waals surface area contributed by atoms with Crippen molar-refractivity contribution in [3.63, 3.8) is 0 Å². The van der Waals surface area contributed by atoms with E-state index in [2.05, 4.69) is 6.92 Å². The predicted molar refractivity (Wildman–Crippen MR) is 89.0 cm³/mol. The van der Waals surface area contributed by atoms with Crippen molar-refractivity contribution in [1.82, 2.24) is 0 Å². The Balaban J connectivity index is 2.46. The maximum atomic E-state index is 13.8. The molecule has 0 spiro atoms. The molecule has 0 aliphatic heterocycles. The molecule has 0 amide bonds. The molecular formula is C17H27F3NO3S+. The monoisotopic (exact) mass is 382 g/mol. The minimum Gasteiger partial charge on any atom is -0.233 e. The quantitative estimate of drug-likeness (QED) is 0.329. The van der Waals surface area contributed by atoms with Gasteiger partial charge in [-0.1, -0.05) is 68.7 Å². The third-order valence-corrected chi connectivity index (χ3v) is 4.99.